The lowest BCUT2D eigenvalue weighted by molar-refractivity contribution is -0.318. The van der Waals surface area contributed by atoms with E-state index in [1.54, 1.807) is 34.6 Å². The third-order valence-electron chi connectivity index (χ3n) is 14.5. The molecule has 3 fully saturated rings. The lowest BCUT2D eigenvalue weighted by Gasteiger charge is -2.48. The second-order valence-electron chi connectivity index (χ2n) is 20.9. The molecule has 7 N–H and O–H groups in total. The number of carboxylic acid groups (broad SMARTS) is 1. The third kappa shape index (κ3) is 16.9. The normalized spacial score (nSPS) is 39.8. The molecule has 18 atom stereocenters. The van der Waals surface area contributed by atoms with Crippen LogP contribution in [0.4, 0.5) is 0 Å². The summed E-state index contributed by atoms with van der Waals surface area (Å²) in [6, 6.07) is 8.86. The molecule has 0 bridgehead atoms. The molecule has 69 heavy (non-hydrogen) atoms. The number of aryl methyl sites for hydroxylation is 1. The maximum Gasteiger partial charge on any atom is 0.311 e. The van der Waals surface area contributed by atoms with Crippen LogP contribution in [0.3, 0.4) is 0 Å². The largest absolute Gasteiger partial charge is 0.481 e. The SMILES string of the molecule is CC(=O)O.CC[C@H]1OC(=O)[C@H](C)[C@@H](O[C@H]2C[C@@](C)(OC)[C@@H](O)[C@H](C)O2)[C@H](C)[C@@H](O[C@@H]2O[C@H](C)C[C@H](N(C)C)[C@H]2O)[C@](C)(O)C[C@@H](C)CN(CCCNC(=O)CCc2ccccc2)[C@H](C)[C@@H](O)[C@]1(C)O. The van der Waals surface area contributed by atoms with Crippen LogP contribution in [-0.2, 0) is 49.2 Å². The van der Waals surface area contributed by atoms with Crippen LogP contribution in [-0.4, -0.2) is 189 Å². The van der Waals surface area contributed by atoms with Gasteiger partial charge in [0.1, 0.15) is 30.0 Å². The van der Waals surface area contributed by atoms with Gasteiger partial charge in [0.25, 0.3) is 5.97 Å². The summed E-state index contributed by atoms with van der Waals surface area (Å²) >= 11 is 0. The highest BCUT2D eigenvalue weighted by molar-refractivity contribution is 5.76. The summed E-state index contributed by atoms with van der Waals surface area (Å²) in [5.74, 6) is -3.73. The maximum absolute atomic E-state index is 14.5. The van der Waals surface area contributed by atoms with Crippen LogP contribution in [0.5, 0.6) is 0 Å². The molecule has 0 radical (unpaired) electrons. The number of carbonyl (C=O) groups excluding carboxylic acids is 2. The molecule has 398 valence electrons. The number of hydrogen-bond acceptors (Lipinski definition) is 16. The number of ether oxygens (including phenoxy) is 6. The lowest BCUT2D eigenvalue weighted by Crippen LogP contribution is -2.60. The van der Waals surface area contributed by atoms with Crippen LogP contribution in [0.15, 0.2) is 30.3 Å². The van der Waals surface area contributed by atoms with Gasteiger partial charge in [-0.05, 0) is 106 Å². The number of likely N-dealkylation sites (N-methyl/N-ethyl adjacent to an activating group) is 1. The summed E-state index contributed by atoms with van der Waals surface area (Å²) in [6.45, 7) is 19.8. The molecule has 3 aliphatic rings. The highest BCUT2D eigenvalue weighted by Crippen LogP contribution is 2.40. The van der Waals surface area contributed by atoms with E-state index in [0.29, 0.717) is 45.3 Å². The Hall–Kier alpha value is -2.85. The molecule has 3 heterocycles. The zero-order valence-electron chi connectivity index (χ0n) is 43.9. The second kappa shape index (κ2) is 26.7. The highest BCUT2D eigenvalue weighted by Gasteiger charge is 2.53. The van der Waals surface area contributed by atoms with Gasteiger partial charge in [-0.25, -0.2) is 0 Å². The predicted molar refractivity (Wildman–Crippen MR) is 259 cm³/mol. The quantitative estimate of drug-likeness (QED) is 0.104. The first kappa shape index (κ1) is 60.5. The average molecular weight is 984 g/mol. The van der Waals surface area contributed by atoms with Gasteiger partial charge >= 0.3 is 5.97 Å². The third-order valence-corrected chi connectivity index (χ3v) is 14.5. The van der Waals surface area contributed by atoms with Crippen LogP contribution < -0.4 is 5.32 Å². The van der Waals surface area contributed by atoms with Crippen molar-refractivity contribution in [3.63, 3.8) is 0 Å². The molecule has 0 unspecified atom stereocenters. The Balaban J connectivity index is 0.00000303. The van der Waals surface area contributed by atoms with Crippen LogP contribution in [0.2, 0.25) is 0 Å². The van der Waals surface area contributed by atoms with Crippen molar-refractivity contribution in [2.75, 3.05) is 40.8 Å². The van der Waals surface area contributed by atoms with Gasteiger partial charge in [0.2, 0.25) is 5.91 Å². The van der Waals surface area contributed by atoms with Crippen molar-refractivity contribution in [1.82, 2.24) is 15.1 Å². The van der Waals surface area contributed by atoms with E-state index in [-0.39, 0.29) is 43.2 Å². The van der Waals surface area contributed by atoms with E-state index in [2.05, 4.69) is 5.32 Å². The summed E-state index contributed by atoms with van der Waals surface area (Å²) in [5.41, 5.74) is -3.51. The highest BCUT2D eigenvalue weighted by atomic mass is 16.7. The molecule has 1 aromatic carbocycles. The van der Waals surface area contributed by atoms with E-state index in [0.717, 1.165) is 12.5 Å². The van der Waals surface area contributed by atoms with E-state index in [1.807, 2.05) is 81.9 Å². The fraction of sp³-hybridized carbons (Fsp3) is 0.824. The van der Waals surface area contributed by atoms with E-state index >= 15 is 0 Å². The Bertz CT molecular complexity index is 1720. The van der Waals surface area contributed by atoms with E-state index in [9.17, 15) is 35.1 Å². The predicted octanol–water partition coefficient (Wildman–Crippen LogP) is 3.50. The number of rotatable bonds is 14. The molecule has 1 amide bonds. The molecule has 1 aromatic rings. The zero-order chi connectivity index (χ0) is 52.2. The summed E-state index contributed by atoms with van der Waals surface area (Å²) in [7, 11) is 5.26. The number of carbonyl (C=O) groups is 3. The Morgan fingerprint density at radius 2 is 1.57 bits per heavy atom. The minimum atomic E-state index is -1.90. The fourth-order valence-electron chi connectivity index (χ4n) is 10.4. The molecular weight excluding hydrogens is 895 g/mol. The minimum Gasteiger partial charge on any atom is -0.481 e. The number of carboxylic acids is 1. The van der Waals surface area contributed by atoms with Crippen LogP contribution >= 0.6 is 0 Å². The fourth-order valence-corrected chi connectivity index (χ4v) is 10.4. The number of amides is 1. The van der Waals surface area contributed by atoms with Gasteiger partial charge in [-0.1, -0.05) is 51.1 Å². The first-order valence-corrected chi connectivity index (χ1v) is 24.9. The molecule has 0 aliphatic carbocycles. The van der Waals surface area contributed by atoms with Gasteiger partial charge in [0.15, 0.2) is 12.6 Å². The number of esters is 1. The first-order chi connectivity index (χ1) is 32.1. The van der Waals surface area contributed by atoms with Crippen molar-refractivity contribution in [2.24, 2.45) is 17.8 Å². The topological polar surface area (TPSA) is 246 Å². The minimum absolute atomic E-state index is 0.0659. The second-order valence-corrected chi connectivity index (χ2v) is 20.9. The average Bonchev–Trinajstić information content (AvgIpc) is 3.27. The van der Waals surface area contributed by atoms with Gasteiger partial charge in [0, 0.05) is 64.5 Å². The molecule has 0 saturated carbocycles. The van der Waals surface area contributed by atoms with Gasteiger partial charge in [0.05, 0.1) is 41.5 Å². The number of benzene rings is 1. The number of cyclic esters (lactones) is 1. The number of aliphatic hydroxyl groups is 5. The molecule has 18 heteroatoms. The summed E-state index contributed by atoms with van der Waals surface area (Å²) < 4.78 is 38.0. The standard InChI is InChI=1S/C49H85N3O13.C2H4O2/c1-14-37-49(10,59)42(55)33(6)52(24-18-23-50-38(53)22-21-35-19-16-15-17-20-35)28-29(2)26-47(8,58)44(65-46-40(54)36(51(11)12)25-30(3)61-46)31(4)41(32(5)45(57)63-37)64-39-27-48(9,60-13)43(56)34(7)62-39;1-2(3)4/h15-17,19-20,29-34,36-37,39-44,46,54-56,58-59H,14,18,21-28H2,1-13H3,(H,50,53);1H3,(H,3,4)/t29-,30-,31+,32-,33-,34+,36+,37-,39+,40-,41+,42-,43+,44-,46+,47-,48-,49-;/m1./s1. The summed E-state index contributed by atoms with van der Waals surface area (Å²) in [4.78, 5) is 40.3. The Kier molecular flexibility index (Phi) is 23.4. The lowest BCUT2D eigenvalue weighted by atomic mass is 9.77. The summed E-state index contributed by atoms with van der Waals surface area (Å²) in [6.07, 6.45) is -7.38. The smallest absolute Gasteiger partial charge is 0.311 e. The van der Waals surface area contributed by atoms with Gasteiger partial charge in [-0.3, -0.25) is 19.3 Å². The van der Waals surface area contributed by atoms with Crippen LogP contribution in [0, 0.1) is 17.8 Å². The van der Waals surface area contributed by atoms with E-state index in [4.69, 9.17) is 38.3 Å². The number of methoxy groups -OCH3 is 1. The molecule has 0 spiro atoms. The molecular formula is C51H89N3O15. The van der Waals surface area contributed by atoms with Crippen LogP contribution in [0.1, 0.15) is 120 Å². The van der Waals surface area contributed by atoms with Gasteiger partial charge in [-0.2, -0.15) is 0 Å². The number of aliphatic carboxylic acids is 1. The van der Waals surface area contributed by atoms with E-state index < -0.39 is 102 Å². The van der Waals surface area contributed by atoms with Crippen molar-refractivity contribution in [2.45, 2.75) is 211 Å². The van der Waals surface area contributed by atoms with E-state index in [1.165, 1.54) is 14.0 Å². The van der Waals surface area contributed by atoms with Crippen molar-refractivity contribution in [3.8, 4) is 0 Å². The first-order valence-electron chi connectivity index (χ1n) is 24.9. The molecule has 0 aromatic heterocycles. The number of nitrogens with zero attached hydrogens (tertiary/aromatic N) is 2. The molecule has 4 rings (SSSR count). The molecule has 3 saturated heterocycles. The monoisotopic (exact) mass is 984 g/mol. The van der Waals surface area contributed by atoms with Gasteiger partial charge < -0.3 is 69.3 Å². The maximum atomic E-state index is 14.5. The Morgan fingerprint density at radius 1 is 0.942 bits per heavy atom. The van der Waals surface area contributed by atoms with Crippen LogP contribution in [0.25, 0.3) is 0 Å². The number of nitrogens with one attached hydrogen (secondary N) is 1. The number of aliphatic hydroxyl groups excluding tert-OH is 3. The molecule has 18 nitrogen and oxygen atoms in total. The van der Waals surface area contributed by atoms with Crippen molar-refractivity contribution < 1.29 is 73.4 Å². The molecule has 3 aliphatic heterocycles. The van der Waals surface area contributed by atoms with Crippen molar-refractivity contribution in [3.05, 3.63) is 35.9 Å². The van der Waals surface area contributed by atoms with Crippen molar-refractivity contribution >= 4 is 17.8 Å². The van der Waals surface area contributed by atoms with Gasteiger partial charge in [-0.15, -0.1) is 0 Å². The summed E-state index contributed by atoms with van der Waals surface area (Å²) in [5, 5.41) is 70.2. The number of hydrogen-bond donors (Lipinski definition) is 7. The zero-order valence-corrected chi connectivity index (χ0v) is 43.9. The Morgan fingerprint density at radius 3 is 2.14 bits per heavy atom. The Labute approximate surface area is 411 Å². The van der Waals surface area contributed by atoms with Crippen molar-refractivity contribution in [1.29, 1.82) is 0 Å².